The quantitative estimate of drug-likeness (QED) is 0.158. The lowest BCUT2D eigenvalue weighted by Crippen LogP contribution is -2.46. The molecule has 48 heavy (non-hydrogen) atoms. The summed E-state index contributed by atoms with van der Waals surface area (Å²) in [6.07, 6.45) is 3.35. The number of benzene rings is 2. The summed E-state index contributed by atoms with van der Waals surface area (Å²) in [6.45, 7) is 6.72. The van der Waals surface area contributed by atoms with Crippen LogP contribution in [-0.2, 0) is 28.8 Å². The van der Waals surface area contributed by atoms with Gasteiger partial charge in [0.05, 0.1) is 6.04 Å². The number of likely N-dealkylation sites (N-methyl/N-ethyl adjacent to an activating group) is 1. The van der Waals surface area contributed by atoms with Crippen LogP contribution in [-0.4, -0.2) is 123 Å². The lowest BCUT2D eigenvalue weighted by molar-refractivity contribution is -0.134. The highest BCUT2D eigenvalue weighted by Gasteiger charge is 2.16. The number of hydrogen-bond acceptors (Lipinski definition) is 9. The van der Waals surface area contributed by atoms with E-state index < -0.39 is 35.8 Å². The first-order valence-electron chi connectivity index (χ1n) is 14.0. The highest BCUT2D eigenvalue weighted by molar-refractivity contribution is 6.30. The molecule has 1 heterocycles. The number of carbonyl (C=O) groups is 6. The van der Waals surface area contributed by atoms with Gasteiger partial charge in [-0.25, -0.2) is 28.8 Å². The van der Waals surface area contributed by atoms with Crippen LogP contribution in [0.25, 0.3) is 0 Å². The molecule has 0 bridgehead atoms. The first-order chi connectivity index (χ1) is 22.6. The number of carboxylic acids is 6. The number of nitrogens with zero attached hydrogens (tertiary/aromatic N) is 2. The van der Waals surface area contributed by atoms with Crippen LogP contribution in [0.4, 0.5) is 0 Å². The molecule has 0 radical (unpaired) electrons. The third kappa shape index (κ3) is 24.0. The van der Waals surface area contributed by atoms with Gasteiger partial charge in [-0.2, -0.15) is 0 Å². The minimum absolute atomic E-state index is 0.205. The van der Waals surface area contributed by atoms with Gasteiger partial charge in [-0.05, 0) is 30.3 Å². The Morgan fingerprint density at radius 1 is 0.625 bits per heavy atom. The van der Waals surface area contributed by atoms with Gasteiger partial charge in [0.2, 0.25) is 0 Å². The zero-order valence-electron chi connectivity index (χ0n) is 25.9. The van der Waals surface area contributed by atoms with E-state index in [2.05, 4.69) is 64.6 Å². The molecule has 0 amide bonds. The Labute approximate surface area is 281 Å². The molecule has 0 spiro atoms. The zero-order valence-corrected chi connectivity index (χ0v) is 26.6. The number of nitrogens with one attached hydrogen (secondary N) is 1. The Morgan fingerprint density at radius 3 is 1.33 bits per heavy atom. The van der Waals surface area contributed by atoms with Crippen molar-refractivity contribution in [1.29, 1.82) is 0 Å². The average Bonchev–Trinajstić information content (AvgIpc) is 3.03. The van der Waals surface area contributed by atoms with Gasteiger partial charge in [0.25, 0.3) is 0 Å². The number of aliphatic carboxylic acids is 6. The second-order valence-corrected chi connectivity index (χ2v) is 9.96. The first-order valence-corrected chi connectivity index (χ1v) is 14.3. The Hall–Kier alpha value is -5.35. The summed E-state index contributed by atoms with van der Waals surface area (Å²) in [5, 5.41) is 51.4. The van der Waals surface area contributed by atoms with Crippen LogP contribution in [0, 0.1) is 0 Å². The van der Waals surface area contributed by atoms with Crippen molar-refractivity contribution in [2.24, 2.45) is 0 Å². The Morgan fingerprint density at radius 2 is 0.979 bits per heavy atom. The van der Waals surface area contributed by atoms with Crippen LogP contribution in [0.1, 0.15) is 17.2 Å². The summed E-state index contributed by atoms with van der Waals surface area (Å²) < 4.78 is 0. The van der Waals surface area contributed by atoms with E-state index in [0.29, 0.717) is 36.5 Å². The SMILES string of the molecule is CN1CCN(CCNC(c2ccccc2)c2ccc(Cl)cc2)CC1.O=C(O)/C=C\C(=O)O.O=C(O)/C=C\C(=O)O.O=C(O)/C=C\C(=O)O. The van der Waals surface area contributed by atoms with Crippen molar-refractivity contribution >= 4 is 47.4 Å². The Balaban J connectivity index is 0.000000756. The van der Waals surface area contributed by atoms with Gasteiger partial charge in [-0.3, -0.25) is 4.90 Å². The number of rotatable bonds is 12. The third-order valence-corrected chi connectivity index (χ3v) is 6.07. The molecule has 1 fully saturated rings. The van der Waals surface area contributed by atoms with Gasteiger partial charge in [0.1, 0.15) is 0 Å². The van der Waals surface area contributed by atoms with Crippen molar-refractivity contribution in [1.82, 2.24) is 15.1 Å². The maximum atomic E-state index is 9.55. The summed E-state index contributed by atoms with van der Waals surface area (Å²) >= 11 is 6.05. The largest absolute Gasteiger partial charge is 0.478 e. The number of halogens is 1. The van der Waals surface area contributed by atoms with E-state index in [0.717, 1.165) is 31.2 Å². The number of carboxylic acid groups (broad SMARTS) is 6. The molecule has 1 unspecified atom stereocenters. The van der Waals surface area contributed by atoms with Gasteiger partial charge >= 0.3 is 35.8 Å². The minimum atomic E-state index is -1.26. The number of hydrogen-bond donors (Lipinski definition) is 7. The van der Waals surface area contributed by atoms with E-state index in [1.54, 1.807) is 0 Å². The van der Waals surface area contributed by atoms with Crippen molar-refractivity contribution in [3.05, 3.63) is 107 Å². The van der Waals surface area contributed by atoms with Crippen LogP contribution in [0.2, 0.25) is 5.02 Å². The molecule has 0 saturated carbocycles. The molecular weight excluding hydrogens is 654 g/mol. The van der Waals surface area contributed by atoms with Crippen molar-refractivity contribution in [2.75, 3.05) is 46.3 Å². The fraction of sp³-hybridized carbons (Fsp3) is 0.250. The van der Waals surface area contributed by atoms with Crippen LogP contribution >= 0.6 is 11.6 Å². The predicted molar refractivity (Wildman–Crippen MR) is 175 cm³/mol. The van der Waals surface area contributed by atoms with Crippen LogP contribution < -0.4 is 5.32 Å². The molecule has 260 valence electrons. The molecule has 1 aliphatic rings. The first kappa shape index (κ1) is 42.6. The van der Waals surface area contributed by atoms with Crippen LogP contribution in [0.15, 0.2) is 91.1 Å². The van der Waals surface area contributed by atoms with Crippen molar-refractivity contribution in [3.8, 4) is 0 Å². The fourth-order valence-electron chi connectivity index (χ4n) is 3.60. The molecule has 2 aromatic carbocycles. The van der Waals surface area contributed by atoms with E-state index in [9.17, 15) is 28.8 Å². The van der Waals surface area contributed by atoms with Gasteiger partial charge in [-0.1, -0.05) is 54.1 Å². The highest BCUT2D eigenvalue weighted by atomic mass is 35.5. The Kier molecular flexibility index (Phi) is 22.1. The molecule has 1 saturated heterocycles. The van der Waals surface area contributed by atoms with Crippen molar-refractivity contribution in [3.63, 3.8) is 0 Å². The molecule has 7 N–H and O–H groups in total. The normalized spacial score (nSPS) is 13.6. The second-order valence-electron chi connectivity index (χ2n) is 9.52. The van der Waals surface area contributed by atoms with Crippen LogP contribution in [0.5, 0.6) is 0 Å². The minimum Gasteiger partial charge on any atom is -0.478 e. The van der Waals surface area contributed by atoms with E-state index in [1.807, 2.05) is 12.1 Å². The summed E-state index contributed by atoms with van der Waals surface area (Å²) in [4.78, 5) is 62.3. The molecule has 0 aromatic heterocycles. The van der Waals surface area contributed by atoms with Gasteiger partial charge < -0.3 is 40.9 Å². The molecule has 1 aliphatic heterocycles. The lowest BCUT2D eigenvalue weighted by atomic mass is 9.99. The third-order valence-electron chi connectivity index (χ3n) is 5.81. The summed E-state index contributed by atoms with van der Waals surface area (Å²) in [5.74, 6) is -7.54. The standard InChI is InChI=1S/C20H26ClN3.3C4H4O4/c1-23-13-15-24(16-14-23)12-11-22-20(17-5-3-2-4-6-17)18-7-9-19(21)10-8-18;3*5-3(6)1-2-4(7)8/h2-10,20,22H,11-16H2,1H3;3*1-2H,(H,5,6)(H,7,8)/b;3*2-1-. The molecule has 16 heteroatoms. The van der Waals surface area contributed by atoms with E-state index in [1.165, 1.54) is 24.2 Å². The maximum absolute atomic E-state index is 9.55. The predicted octanol–water partition coefficient (Wildman–Crippen LogP) is 2.40. The van der Waals surface area contributed by atoms with E-state index in [-0.39, 0.29) is 6.04 Å². The summed E-state index contributed by atoms with van der Waals surface area (Å²) in [5.41, 5.74) is 2.54. The molecule has 3 rings (SSSR count). The molecular formula is C32H38ClN3O12. The van der Waals surface area contributed by atoms with E-state index >= 15 is 0 Å². The average molecular weight is 692 g/mol. The monoisotopic (exact) mass is 691 g/mol. The molecule has 2 aromatic rings. The summed E-state index contributed by atoms with van der Waals surface area (Å²) in [7, 11) is 2.20. The van der Waals surface area contributed by atoms with Crippen molar-refractivity contribution in [2.45, 2.75) is 6.04 Å². The number of piperazine rings is 1. The highest BCUT2D eigenvalue weighted by Crippen LogP contribution is 2.23. The van der Waals surface area contributed by atoms with Gasteiger partial charge in [0.15, 0.2) is 0 Å². The summed E-state index contributed by atoms with van der Waals surface area (Å²) in [6, 6.07) is 19.0. The van der Waals surface area contributed by atoms with Crippen molar-refractivity contribution < 1.29 is 59.4 Å². The second kappa shape index (κ2) is 24.8. The zero-order chi connectivity index (χ0) is 36.5. The van der Waals surface area contributed by atoms with E-state index in [4.69, 9.17) is 42.2 Å². The maximum Gasteiger partial charge on any atom is 0.328 e. The fourth-order valence-corrected chi connectivity index (χ4v) is 3.72. The smallest absolute Gasteiger partial charge is 0.328 e. The van der Waals surface area contributed by atoms with Gasteiger partial charge in [-0.15, -0.1) is 0 Å². The molecule has 0 aliphatic carbocycles. The van der Waals surface area contributed by atoms with Crippen LogP contribution in [0.3, 0.4) is 0 Å². The molecule has 15 nitrogen and oxygen atoms in total. The lowest BCUT2D eigenvalue weighted by Gasteiger charge is -2.32. The molecule has 1 atom stereocenters. The Bertz CT molecular complexity index is 1280. The topological polar surface area (TPSA) is 242 Å². The van der Waals surface area contributed by atoms with Gasteiger partial charge in [0, 0.05) is 80.7 Å².